The minimum atomic E-state index is 0.595. The zero-order valence-corrected chi connectivity index (χ0v) is 13.0. The third kappa shape index (κ3) is 3.94. The van der Waals surface area contributed by atoms with Crippen LogP contribution in [0.4, 0.5) is 0 Å². The minimum Gasteiger partial charge on any atom is -0.319 e. The maximum atomic E-state index is 4.44. The summed E-state index contributed by atoms with van der Waals surface area (Å²) in [7, 11) is 4.06. The topological polar surface area (TPSA) is 29.9 Å². The first kappa shape index (κ1) is 14.8. The molecule has 0 aliphatic heterocycles. The van der Waals surface area contributed by atoms with E-state index in [-0.39, 0.29) is 0 Å². The molecular formula is C17H25N3. The van der Waals surface area contributed by atoms with Crippen LogP contribution in [-0.2, 0) is 19.9 Å². The van der Waals surface area contributed by atoms with Gasteiger partial charge in [0.25, 0.3) is 0 Å². The van der Waals surface area contributed by atoms with Gasteiger partial charge in [-0.15, -0.1) is 0 Å². The molecule has 0 aliphatic carbocycles. The zero-order valence-electron chi connectivity index (χ0n) is 13.0. The van der Waals surface area contributed by atoms with Gasteiger partial charge in [0, 0.05) is 12.7 Å². The Morgan fingerprint density at radius 1 is 1.15 bits per heavy atom. The van der Waals surface area contributed by atoms with Gasteiger partial charge in [-0.05, 0) is 57.8 Å². The average Bonchev–Trinajstić information content (AvgIpc) is 2.71. The number of nitrogens with zero attached hydrogens (tertiary/aromatic N) is 2. The SMILES string of the molecule is CNCC(Cc1ccc(C)cc1)Cc1cc(C)nn1C. The standard InChI is InChI=1S/C17H25N3/c1-13-5-7-15(8-6-13)10-16(12-18-3)11-17-9-14(2)19-20(17)4/h5-9,16,18H,10-12H2,1-4H3. The lowest BCUT2D eigenvalue weighted by Gasteiger charge is -2.17. The number of nitrogens with one attached hydrogen (secondary N) is 1. The summed E-state index contributed by atoms with van der Waals surface area (Å²) in [6.45, 7) is 5.21. The molecule has 3 heteroatoms. The number of aromatic nitrogens is 2. The van der Waals surface area contributed by atoms with Crippen LogP contribution in [0.5, 0.6) is 0 Å². The molecule has 2 rings (SSSR count). The van der Waals surface area contributed by atoms with E-state index in [1.54, 1.807) is 0 Å². The van der Waals surface area contributed by atoms with E-state index >= 15 is 0 Å². The van der Waals surface area contributed by atoms with Crippen LogP contribution in [0.25, 0.3) is 0 Å². The van der Waals surface area contributed by atoms with Crippen molar-refractivity contribution in [1.82, 2.24) is 15.1 Å². The molecule has 1 aromatic heterocycles. The van der Waals surface area contributed by atoms with Gasteiger partial charge < -0.3 is 5.32 Å². The van der Waals surface area contributed by atoms with Gasteiger partial charge in [-0.1, -0.05) is 29.8 Å². The number of hydrogen-bond acceptors (Lipinski definition) is 2. The van der Waals surface area contributed by atoms with E-state index in [1.807, 2.05) is 18.8 Å². The van der Waals surface area contributed by atoms with Crippen LogP contribution in [0.2, 0.25) is 0 Å². The maximum absolute atomic E-state index is 4.44. The van der Waals surface area contributed by atoms with Crippen molar-refractivity contribution < 1.29 is 0 Å². The van der Waals surface area contributed by atoms with Crippen LogP contribution >= 0.6 is 0 Å². The van der Waals surface area contributed by atoms with E-state index in [1.165, 1.54) is 16.8 Å². The summed E-state index contributed by atoms with van der Waals surface area (Å²) < 4.78 is 2.01. The van der Waals surface area contributed by atoms with E-state index < -0.39 is 0 Å². The van der Waals surface area contributed by atoms with Crippen molar-refractivity contribution in [3.05, 3.63) is 52.8 Å². The van der Waals surface area contributed by atoms with E-state index in [9.17, 15) is 0 Å². The molecule has 1 aromatic carbocycles. The predicted molar refractivity (Wildman–Crippen MR) is 83.9 cm³/mol. The van der Waals surface area contributed by atoms with Crippen molar-refractivity contribution in [3.8, 4) is 0 Å². The molecule has 0 bridgehead atoms. The maximum Gasteiger partial charge on any atom is 0.0596 e. The summed E-state index contributed by atoms with van der Waals surface area (Å²) >= 11 is 0. The number of hydrogen-bond donors (Lipinski definition) is 1. The summed E-state index contributed by atoms with van der Waals surface area (Å²) in [5.41, 5.74) is 5.15. The molecule has 0 spiro atoms. The average molecular weight is 271 g/mol. The number of benzene rings is 1. The van der Waals surface area contributed by atoms with Crippen molar-refractivity contribution in [2.45, 2.75) is 26.7 Å². The molecule has 0 saturated heterocycles. The molecule has 1 atom stereocenters. The lowest BCUT2D eigenvalue weighted by molar-refractivity contribution is 0.477. The summed E-state index contributed by atoms with van der Waals surface area (Å²) in [5.74, 6) is 0.595. The first-order chi connectivity index (χ1) is 9.58. The summed E-state index contributed by atoms with van der Waals surface area (Å²) in [6, 6.07) is 11.1. The quantitative estimate of drug-likeness (QED) is 0.875. The van der Waals surface area contributed by atoms with Crippen molar-refractivity contribution in [1.29, 1.82) is 0 Å². The highest BCUT2D eigenvalue weighted by atomic mass is 15.3. The molecule has 3 nitrogen and oxygen atoms in total. The normalized spacial score (nSPS) is 12.6. The highest BCUT2D eigenvalue weighted by molar-refractivity contribution is 5.22. The number of aryl methyl sites for hydroxylation is 3. The van der Waals surface area contributed by atoms with Gasteiger partial charge in [0.15, 0.2) is 0 Å². The van der Waals surface area contributed by atoms with Crippen LogP contribution in [0, 0.1) is 19.8 Å². The zero-order chi connectivity index (χ0) is 14.5. The molecule has 1 heterocycles. The fraction of sp³-hybridized carbons (Fsp3) is 0.471. The third-order valence-electron chi connectivity index (χ3n) is 3.73. The highest BCUT2D eigenvalue weighted by Gasteiger charge is 2.13. The fourth-order valence-electron chi connectivity index (χ4n) is 2.71. The van der Waals surface area contributed by atoms with Crippen LogP contribution in [0.3, 0.4) is 0 Å². The number of rotatable bonds is 6. The van der Waals surface area contributed by atoms with Crippen molar-refractivity contribution >= 4 is 0 Å². The Morgan fingerprint density at radius 3 is 2.40 bits per heavy atom. The Hall–Kier alpha value is -1.61. The molecule has 0 fully saturated rings. The second-order valence-electron chi connectivity index (χ2n) is 5.72. The van der Waals surface area contributed by atoms with Crippen LogP contribution < -0.4 is 5.32 Å². The Kier molecular flexibility index (Phi) is 4.96. The lowest BCUT2D eigenvalue weighted by Crippen LogP contribution is -2.23. The second-order valence-corrected chi connectivity index (χ2v) is 5.72. The van der Waals surface area contributed by atoms with E-state index in [2.05, 4.69) is 54.6 Å². The van der Waals surface area contributed by atoms with Gasteiger partial charge in [-0.3, -0.25) is 4.68 Å². The summed E-state index contributed by atoms with van der Waals surface area (Å²) in [4.78, 5) is 0. The fourth-order valence-corrected chi connectivity index (χ4v) is 2.71. The molecule has 2 aromatic rings. The van der Waals surface area contributed by atoms with E-state index in [4.69, 9.17) is 0 Å². The molecule has 108 valence electrons. The monoisotopic (exact) mass is 271 g/mol. The Balaban J connectivity index is 2.06. The summed E-state index contributed by atoms with van der Waals surface area (Å²) in [6.07, 6.45) is 2.16. The van der Waals surface area contributed by atoms with Gasteiger partial charge in [-0.25, -0.2) is 0 Å². The van der Waals surface area contributed by atoms with Crippen molar-refractivity contribution in [2.75, 3.05) is 13.6 Å². The lowest BCUT2D eigenvalue weighted by atomic mass is 9.94. The van der Waals surface area contributed by atoms with Crippen molar-refractivity contribution in [3.63, 3.8) is 0 Å². The smallest absolute Gasteiger partial charge is 0.0596 e. The molecule has 20 heavy (non-hydrogen) atoms. The van der Waals surface area contributed by atoms with E-state index in [0.29, 0.717) is 5.92 Å². The molecule has 0 aliphatic rings. The molecule has 1 N–H and O–H groups in total. The largest absolute Gasteiger partial charge is 0.319 e. The molecule has 0 saturated carbocycles. The highest BCUT2D eigenvalue weighted by Crippen LogP contribution is 2.15. The third-order valence-corrected chi connectivity index (χ3v) is 3.73. The predicted octanol–water partition coefficient (Wildman–Crippen LogP) is 2.66. The molecule has 1 unspecified atom stereocenters. The Bertz CT molecular complexity index is 540. The van der Waals surface area contributed by atoms with Gasteiger partial charge >= 0.3 is 0 Å². The Morgan fingerprint density at radius 2 is 1.85 bits per heavy atom. The molecule has 0 amide bonds. The van der Waals surface area contributed by atoms with Crippen LogP contribution in [0.15, 0.2) is 30.3 Å². The van der Waals surface area contributed by atoms with E-state index in [0.717, 1.165) is 25.1 Å². The summed E-state index contributed by atoms with van der Waals surface area (Å²) in [5, 5.41) is 7.76. The van der Waals surface area contributed by atoms with Gasteiger partial charge in [0.1, 0.15) is 0 Å². The van der Waals surface area contributed by atoms with Gasteiger partial charge in [-0.2, -0.15) is 5.10 Å². The van der Waals surface area contributed by atoms with Crippen molar-refractivity contribution in [2.24, 2.45) is 13.0 Å². The Labute approximate surface area is 122 Å². The first-order valence-corrected chi connectivity index (χ1v) is 7.28. The van der Waals surface area contributed by atoms with Gasteiger partial charge in [0.05, 0.1) is 5.69 Å². The molecular weight excluding hydrogens is 246 g/mol. The molecule has 0 radical (unpaired) electrons. The second kappa shape index (κ2) is 6.71. The first-order valence-electron chi connectivity index (χ1n) is 7.28. The van der Waals surface area contributed by atoms with Crippen LogP contribution in [-0.4, -0.2) is 23.4 Å². The van der Waals surface area contributed by atoms with Gasteiger partial charge in [0.2, 0.25) is 0 Å². The van der Waals surface area contributed by atoms with Crippen LogP contribution in [0.1, 0.15) is 22.5 Å². The minimum absolute atomic E-state index is 0.595.